The van der Waals surface area contributed by atoms with Crippen molar-refractivity contribution in [2.24, 2.45) is 0 Å². The smallest absolute Gasteiger partial charge is 0.255 e. The molecular weight excluding hydrogens is 270 g/mol. The van der Waals surface area contributed by atoms with E-state index >= 15 is 0 Å². The topological polar surface area (TPSA) is 67.9 Å². The van der Waals surface area contributed by atoms with Crippen molar-refractivity contribution in [3.8, 4) is 12.1 Å². The Hall–Kier alpha value is -1.85. The molecular formula is C11H8BrN3O. The van der Waals surface area contributed by atoms with Gasteiger partial charge in [-0.05, 0) is 18.2 Å². The standard InChI is InChI=1S/C11H8BrN3O/c12-10-3-1-2-9(8-10)11(16)15(6-4-13)7-5-14/h1-3,8H,6-7H2. The van der Waals surface area contributed by atoms with Gasteiger partial charge in [0.25, 0.3) is 5.91 Å². The van der Waals surface area contributed by atoms with Gasteiger partial charge in [0, 0.05) is 10.0 Å². The minimum Gasteiger partial charge on any atom is -0.312 e. The lowest BCUT2D eigenvalue weighted by molar-refractivity contribution is 0.0794. The van der Waals surface area contributed by atoms with Gasteiger partial charge in [-0.1, -0.05) is 22.0 Å². The molecule has 0 aliphatic carbocycles. The number of hydrogen-bond acceptors (Lipinski definition) is 3. The second-order valence-corrected chi connectivity index (χ2v) is 3.90. The van der Waals surface area contributed by atoms with E-state index in [0.717, 1.165) is 4.47 Å². The van der Waals surface area contributed by atoms with Crippen LogP contribution in [-0.2, 0) is 0 Å². The van der Waals surface area contributed by atoms with E-state index in [0.29, 0.717) is 5.56 Å². The number of hydrogen-bond donors (Lipinski definition) is 0. The van der Waals surface area contributed by atoms with Crippen molar-refractivity contribution >= 4 is 21.8 Å². The van der Waals surface area contributed by atoms with Gasteiger partial charge < -0.3 is 4.90 Å². The third-order valence-corrected chi connectivity index (χ3v) is 2.38. The number of benzene rings is 1. The van der Waals surface area contributed by atoms with Gasteiger partial charge in [-0.2, -0.15) is 10.5 Å². The van der Waals surface area contributed by atoms with Crippen molar-refractivity contribution in [1.29, 1.82) is 10.5 Å². The molecule has 0 aliphatic heterocycles. The van der Waals surface area contributed by atoms with Crippen LogP contribution in [0.4, 0.5) is 0 Å². The van der Waals surface area contributed by atoms with E-state index < -0.39 is 0 Å². The molecule has 1 amide bonds. The Kier molecular flexibility index (Phi) is 4.50. The molecule has 0 N–H and O–H groups in total. The lowest BCUT2D eigenvalue weighted by atomic mass is 10.2. The highest BCUT2D eigenvalue weighted by Crippen LogP contribution is 2.13. The lowest BCUT2D eigenvalue weighted by Crippen LogP contribution is -2.31. The normalized spacial score (nSPS) is 8.94. The van der Waals surface area contributed by atoms with Crippen molar-refractivity contribution in [2.45, 2.75) is 0 Å². The third kappa shape index (κ3) is 3.08. The molecule has 0 spiro atoms. The molecule has 5 heteroatoms. The molecule has 0 saturated heterocycles. The molecule has 0 heterocycles. The van der Waals surface area contributed by atoms with Gasteiger partial charge in [-0.25, -0.2) is 0 Å². The van der Waals surface area contributed by atoms with Crippen LogP contribution in [0.15, 0.2) is 28.7 Å². The van der Waals surface area contributed by atoms with E-state index in [9.17, 15) is 4.79 Å². The first-order chi connectivity index (χ1) is 7.69. The van der Waals surface area contributed by atoms with Crippen LogP contribution in [0.1, 0.15) is 10.4 Å². The molecule has 0 aromatic heterocycles. The summed E-state index contributed by atoms with van der Waals surface area (Å²) in [4.78, 5) is 13.1. The highest BCUT2D eigenvalue weighted by molar-refractivity contribution is 9.10. The monoisotopic (exact) mass is 277 g/mol. The minimum absolute atomic E-state index is 0.0844. The largest absolute Gasteiger partial charge is 0.312 e. The summed E-state index contributed by atoms with van der Waals surface area (Å²) in [6.07, 6.45) is 0. The number of rotatable bonds is 3. The molecule has 0 atom stereocenters. The minimum atomic E-state index is -0.315. The Morgan fingerprint density at radius 3 is 2.44 bits per heavy atom. The molecule has 0 bridgehead atoms. The van der Waals surface area contributed by atoms with Crippen LogP contribution in [0.5, 0.6) is 0 Å². The van der Waals surface area contributed by atoms with Crippen molar-refractivity contribution in [3.63, 3.8) is 0 Å². The van der Waals surface area contributed by atoms with E-state index in [-0.39, 0.29) is 19.0 Å². The second kappa shape index (κ2) is 5.89. The van der Waals surface area contributed by atoms with Crippen LogP contribution in [0, 0.1) is 22.7 Å². The first-order valence-electron chi connectivity index (χ1n) is 4.47. The molecule has 0 radical (unpaired) electrons. The Morgan fingerprint density at radius 2 is 1.94 bits per heavy atom. The van der Waals surface area contributed by atoms with Crippen LogP contribution in [0.2, 0.25) is 0 Å². The van der Waals surface area contributed by atoms with Gasteiger partial charge in [0.1, 0.15) is 13.1 Å². The maximum Gasteiger partial charge on any atom is 0.255 e. The molecule has 0 saturated carbocycles. The molecule has 1 rings (SSSR count). The zero-order valence-electron chi connectivity index (χ0n) is 8.35. The third-order valence-electron chi connectivity index (χ3n) is 1.88. The molecule has 0 unspecified atom stereocenters. The predicted molar refractivity (Wildman–Crippen MR) is 61.3 cm³/mol. The Labute approximate surface area is 102 Å². The van der Waals surface area contributed by atoms with Crippen molar-refractivity contribution in [3.05, 3.63) is 34.3 Å². The van der Waals surface area contributed by atoms with Crippen molar-refractivity contribution in [2.75, 3.05) is 13.1 Å². The SMILES string of the molecule is N#CCN(CC#N)C(=O)c1cccc(Br)c1. The zero-order chi connectivity index (χ0) is 12.0. The quantitative estimate of drug-likeness (QED) is 0.793. The summed E-state index contributed by atoms with van der Waals surface area (Å²) in [6.45, 7) is -0.169. The number of nitrogens with zero attached hydrogens (tertiary/aromatic N) is 3. The van der Waals surface area contributed by atoms with Crippen LogP contribution < -0.4 is 0 Å². The van der Waals surface area contributed by atoms with Crippen LogP contribution >= 0.6 is 15.9 Å². The molecule has 1 aromatic carbocycles. The summed E-state index contributed by atoms with van der Waals surface area (Å²) in [5.74, 6) is -0.315. The Balaban J connectivity index is 2.91. The van der Waals surface area contributed by atoms with Gasteiger partial charge in [0.2, 0.25) is 0 Å². The highest BCUT2D eigenvalue weighted by atomic mass is 79.9. The summed E-state index contributed by atoms with van der Waals surface area (Å²) >= 11 is 3.26. The van der Waals surface area contributed by atoms with E-state index in [1.165, 1.54) is 4.90 Å². The summed E-state index contributed by atoms with van der Waals surface area (Å²) in [6, 6.07) is 10.6. The summed E-state index contributed by atoms with van der Waals surface area (Å²) in [5, 5.41) is 17.1. The van der Waals surface area contributed by atoms with Gasteiger partial charge in [0.05, 0.1) is 12.1 Å². The Bertz CT molecular complexity index is 457. The average Bonchev–Trinajstić information content (AvgIpc) is 2.28. The molecule has 0 aliphatic rings. The molecule has 4 nitrogen and oxygen atoms in total. The first-order valence-corrected chi connectivity index (χ1v) is 5.27. The predicted octanol–water partition coefficient (Wildman–Crippen LogP) is 1.94. The van der Waals surface area contributed by atoms with Crippen LogP contribution in [-0.4, -0.2) is 23.9 Å². The number of halogens is 1. The fourth-order valence-electron chi connectivity index (χ4n) is 1.17. The first kappa shape index (κ1) is 12.2. The van der Waals surface area contributed by atoms with E-state index in [1.807, 2.05) is 12.1 Å². The number of amides is 1. The number of carbonyl (C=O) groups excluding carboxylic acids is 1. The van der Waals surface area contributed by atoms with Crippen molar-refractivity contribution < 1.29 is 4.79 Å². The van der Waals surface area contributed by atoms with Crippen LogP contribution in [0.25, 0.3) is 0 Å². The zero-order valence-corrected chi connectivity index (χ0v) is 9.94. The summed E-state index contributed by atoms with van der Waals surface area (Å²) < 4.78 is 0.784. The molecule has 1 aromatic rings. The van der Waals surface area contributed by atoms with Gasteiger partial charge >= 0.3 is 0 Å². The Morgan fingerprint density at radius 1 is 1.31 bits per heavy atom. The fraction of sp³-hybridized carbons (Fsp3) is 0.182. The summed E-state index contributed by atoms with van der Waals surface area (Å²) in [5.41, 5.74) is 0.458. The summed E-state index contributed by atoms with van der Waals surface area (Å²) in [7, 11) is 0. The molecule has 0 fully saturated rings. The van der Waals surface area contributed by atoms with Gasteiger partial charge in [-0.15, -0.1) is 0 Å². The fourth-order valence-corrected chi connectivity index (χ4v) is 1.57. The molecule has 80 valence electrons. The van der Waals surface area contributed by atoms with Crippen molar-refractivity contribution in [1.82, 2.24) is 4.90 Å². The van der Waals surface area contributed by atoms with Gasteiger partial charge in [0.15, 0.2) is 0 Å². The second-order valence-electron chi connectivity index (χ2n) is 2.99. The van der Waals surface area contributed by atoms with E-state index in [1.54, 1.807) is 24.3 Å². The van der Waals surface area contributed by atoms with E-state index in [4.69, 9.17) is 10.5 Å². The maximum absolute atomic E-state index is 11.9. The number of nitriles is 2. The maximum atomic E-state index is 11.9. The lowest BCUT2D eigenvalue weighted by Gasteiger charge is -2.15. The number of carbonyl (C=O) groups is 1. The van der Waals surface area contributed by atoms with E-state index in [2.05, 4.69) is 15.9 Å². The average molecular weight is 278 g/mol. The molecule has 16 heavy (non-hydrogen) atoms. The van der Waals surface area contributed by atoms with Crippen LogP contribution in [0.3, 0.4) is 0 Å². The highest BCUT2D eigenvalue weighted by Gasteiger charge is 2.14. The van der Waals surface area contributed by atoms with Gasteiger partial charge in [-0.3, -0.25) is 4.79 Å².